The molecule has 0 spiro atoms. The van der Waals surface area contributed by atoms with E-state index in [0.29, 0.717) is 27.5 Å². The maximum absolute atomic E-state index is 13.4. The SMILES string of the molecule is [C-]#[N+]/C(C#N)=c1/c2c(/c(=C(\C#N)[N+]#[C-])c3c1-c1cc(C)ccc1C3)-c1cc(S(=O)(=O)C(F)(F)F)ccc1C2. The van der Waals surface area contributed by atoms with Gasteiger partial charge in [-0.25, -0.2) is 28.6 Å². The molecule has 0 heterocycles. The molecular weight excluding hydrogens is 513 g/mol. The van der Waals surface area contributed by atoms with Crippen molar-refractivity contribution < 1.29 is 21.6 Å². The molecule has 6 nitrogen and oxygen atoms in total. The van der Waals surface area contributed by atoms with Gasteiger partial charge in [-0.3, -0.25) is 0 Å². The van der Waals surface area contributed by atoms with Gasteiger partial charge < -0.3 is 0 Å². The van der Waals surface area contributed by atoms with Crippen molar-refractivity contribution in [2.45, 2.75) is 30.2 Å². The largest absolute Gasteiger partial charge is 0.501 e. The van der Waals surface area contributed by atoms with Gasteiger partial charge in [-0.2, -0.15) is 13.2 Å². The van der Waals surface area contributed by atoms with Crippen molar-refractivity contribution in [3.8, 4) is 34.4 Å². The first-order chi connectivity index (χ1) is 18.0. The van der Waals surface area contributed by atoms with Crippen LogP contribution in [-0.2, 0) is 22.7 Å². The molecule has 0 saturated heterocycles. The monoisotopic (exact) mass is 526 g/mol. The minimum atomic E-state index is -5.68. The smallest absolute Gasteiger partial charge is 0.226 e. The minimum Gasteiger partial charge on any atom is -0.226 e. The fourth-order valence-corrected chi connectivity index (χ4v) is 6.09. The van der Waals surface area contributed by atoms with E-state index in [1.54, 1.807) is 0 Å². The van der Waals surface area contributed by atoms with E-state index in [0.717, 1.165) is 28.8 Å². The summed E-state index contributed by atoms with van der Waals surface area (Å²) in [5, 5.41) is 20.2. The number of rotatable bonds is 1. The molecule has 0 bridgehead atoms. The van der Waals surface area contributed by atoms with Crippen LogP contribution in [-0.4, -0.2) is 13.9 Å². The Kier molecular flexibility index (Phi) is 5.42. The molecule has 0 saturated carbocycles. The van der Waals surface area contributed by atoms with Crippen LogP contribution in [0.2, 0.25) is 0 Å². The standard InChI is InChI=1S/C28H13F3N4O2S/c1-14-4-5-15-9-20-24(18(15)8-14)26(22(12-32)34-2)21-10-16-6-7-17(38(36,37)28(29,30)31)11-19(16)25(21)27(20)23(13-33)35-3/h4-8,11H,9-10H2,1H3/b26-22-,27-23+. The Hall–Kier alpha value is -4.90. The topological polar surface area (TPSA) is 90.4 Å². The van der Waals surface area contributed by atoms with Gasteiger partial charge in [0.2, 0.25) is 0 Å². The van der Waals surface area contributed by atoms with Gasteiger partial charge in [-0.1, -0.05) is 29.8 Å². The Bertz CT molecular complexity index is 2000. The van der Waals surface area contributed by atoms with Crippen molar-refractivity contribution in [3.05, 3.63) is 97.5 Å². The molecule has 184 valence electrons. The van der Waals surface area contributed by atoms with E-state index in [-0.39, 0.29) is 40.6 Å². The first-order valence-electron chi connectivity index (χ1n) is 11.0. The van der Waals surface area contributed by atoms with Crippen LogP contribution in [0.4, 0.5) is 13.2 Å². The molecule has 2 aliphatic rings. The van der Waals surface area contributed by atoms with Crippen LogP contribution in [0, 0.1) is 42.7 Å². The lowest BCUT2D eigenvalue weighted by Crippen LogP contribution is -2.26. The average Bonchev–Trinajstić information content (AvgIpc) is 3.43. The fraction of sp³-hybridized carbons (Fsp3) is 0.143. The summed E-state index contributed by atoms with van der Waals surface area (Å²) in [6.45, 7) is 17.2. The lowest BCUT2D eigenvalue weighted by molar-refractivity contribution is -0.0436. The predicted molar refractivity (Wildman–Crippen MR) is 131 cm³/mol. The normalized spacial score (nSPS) is 14.5. The van der Waals surface area contributed by atoms with Crippen molar-refractivity contribution in [2.24, 2.45) is 0 Å². The van der Waals surface area contributed by atoms with Crippen LogP contribution in [0.1, 0.15) is 27.8 Å². The average molecular weight is 526 g/mol. The summed E-state index contributed by atoms with van der Waals surface area (Å²) in [5.41, 5.74) is -1.36. The lowest BCUT2D eigenvalue weighted by Gasteiger charge is -2.14. The Morgan fingerprint density at radius 1 is 0.868 bits per heavy atom. The van der Waals surface area contributed by atoms with Gasteiger partial charge in [-0.15, -0.1) is 0 Å². The molecule has 3 aromatic carbocycles. The van der Waals surface area contributed by atoms with E-state index in [4.69, 9.17) is 13.1 Å². The summed E-state index contributed by atoms with van der Waals surface area (Å²) in [4.78, 5) is 5.84. The zero-order chi connectivity index (χ0) is 27.6. The number of hydrogen-bond donors (Lipinski definition) is 0. The molecule has 38 heavy (non-hydrogen) atoms. The van der Waals surface area contributed by atoms with Gasteiger partial charge in [0.25, 0.3) is 21.2 Å². The highest BCUT2D eigenvalue weighted by atomic mass is 32.2. The molecular formula is C28H13F3N4O2S. The molecule has 0 N–H and O–H groups in total. The first kappa shape index (κ1) is 24.8. The van der Waals surface area contributed by atoms with Crippen LogP contribution in [0.15, 0.2) is 41.3 Å². The zero-order valence-electron chi connectivity index (χ0n) is 19.5. The van der Waals surface area contributed by atoms with Gasteiger partial charge >= 0.3 is 5.51 Å². The van der Waals surface area contributed by atoms with Gasteiger partial charge in [-0.05, 0) is 76.4 Å². The van der Waals surface area contributed by atoms with Crippen molar-refractivity contribution >= 4 is 21.2 Å². The molecule has 10 heteroatoms. The summed E-state index contributed by atoms with van der Waals surface area (Å²) < 4.78 is 64.5. The molecule has 3 aromatic rings. The van der Waals surface area contributed by atoms with Gasteiger partial charge in [0.15, 0.2) is 0 Å². The third kappa shape index (κ3) is 3.32. The summed E-state index contributed by atoms with van der Waals surface area (Å²) in [7, 11) is -5.68. The second-order valence-electron chi connectivity index (χ2n) is 8.88. The van der Waals surface area contributed by atoms with Crippen molar-refractivity contribution in [1.82, 2.24) is 0 Å². The predicted octanol–water partition coefficient (Wildman–Crippen LogP) is 4.53. The lowest BCUT2D eigenvalue weighted by atomic mass is 9.90. The number of fused-ring (bicyclic) bond motifs is 6. The van der Waals surface area contributed by atoms with Crippen LogP contribution in [0.5, 0.6) is 0 Å². The zero-order valence-corrected chi connectivity index (χ0v) is 20.3. The maximum Gasteiger partial charge on any atom is 0.501 e. The molecule has 0 atom stereocenters. The Labute approximate surface area is 215 Å². The third-order valence-corrected chi connectivity index (χ3v) is 8.33. The number of halogens is 3. The molecule has 0 radical (unpaired) electrons. The fourth-order valence-electron chi connectivity index (χ4n) is 5.30. The molecule has 0 aromatic heterocycles. The number of nitrogens with zero attached hydrogens (tertiary/aromatic N) is 4. The van der Waals surface area contributed by atoms with E-state index in [2.05, 4.69) is 9.69 Å². The molecule has 0 fully saturated rings. The maximum atomic E-state index is 13.4. The minimum absolute atomic E-state index is 0.0746. The number of hydrogen-bond acceptors (Lipinski definition) is 4. The summed E-state index contributed by atoms with van der Waals surface area (Å²) in [6, 6.07) is 12.5. The van der Waals surface area contributed by atoms with Crippen molar-refractivity contribution in [1.29, 1.82) is 10.5 Å². The van der Waals surface area contributed by atoms with Crippen molar-refractivity contribution in [2.75, 3.05) is 0 Å². The quantitative estimate of drug-likeness (QED) is 0.300. The van der Waals surface area contributed by atoms with E-state index < -0.39 is 20.2 Å². The Morgan fingerprint density at radius 2 is 1.34 bits per heavy atom. The van der Waals surface area contributed by atoms with Crippen LogP contribution < -0.4 is 10.4 Å². The van der Waals surface area contributed by atoms with Crippen molar-refractivity contribution in [3.63, 3.8) is 0 Å². The van der Waals surface area contributed by atoms with Crippen LogP contribution in [0.25, 0.3) is 43.3 Å². The highest BCUT2D eigenvalue weighted by Gasteiger charge is 2.47. The number of alkyl halides is 3. The molecule has 0 unspecified atom stereocenters. The summed E-state index contributed by atoms with van der Waals surface area (Å²) in [6.07, 6.45) is 0.332. The number of sulfone groups is 1. The van der Waals surface area contributed by atoms with Gasteiger partial charge in [0.1, 0.15) is 0 Å². The van der Waals surface area contributed by atoms with E-state index in [1.165, 1.54) is 6.07 Å². The van der Waals surface area contributed by atoms with Crippen LogP contribution in [0.3, 0.4) is 0 Å². The molecule has 5 rings (SSSR count). The second-order valence-corrected chi connectivity index (χ2v) is 10.8. The molecule has 2 aliphatic carbocycles. The third-order valence-electron chi connectivity index (χ3n) is 6.85. The Balaban J connectivity index is 2.05. The number of benzene rings is 3. The number of nitriles is 2. The second kappa shape index (κ2) is 8.32. The number of aryl methyl sites for hydroxylation is 1. The van der Waals surface area contributed by atoms with E-state index in [1.807, 2.05) is 37.3 Å². The van der Waals surface area contributed by atoms with E-state index >= 15 is 0 Å². The summed E-state index contributed by atoms with van der Waals surface area (Å²) in [5.74, 6) is 0. The molecule has 0 amide bonds. The van der Waals surface area contributed by atoms with E-state index in [9.17, 15) is 32.1 Å². The Morgan fingerprint density at radius 3 is 1.79 bits per heavy atom. The summed E-state index contributed by atoms with van der Waals surface area (Å²) >= 11 is 0. The van der Waals surface area contributed by atoms with Crippen LogP contribution >= 0.6 is 0 Å². The van der Waals surface area contributed by atoms with Gasteiger partial charge in [0.05, 0.1) is 30.2 Å². The first-order valence-corrected chi connectivity index (χ1v) is 12.5. The highest BCUT2D eigenvalue weighted by molar-refractivity contribution is 7.92. The highest BCUT2D eigenvalue weighted by Crippen LogP contribution is 2.42. The molecule has 0 aliphatic heterocycles. The van der Waals surface area contributed by atoms with Gasteiger partial charge in [0, 0.05) is 10.4 Å².